The monoisotopic (exact) mass is 392 g/mol. The maximum Gasteiger partial charge on any atom is 0.524 e. The van der Waals surface area contributed by atoms with Crippen molar-refractivity contribution in [1.29, 1.82) is 0 Å². The molecule has 0 saturated heterocycles. The summed E-state index contributed by atoms with van der Waals surface area (Å²) in [5, 5.41) is 0.457. The Morgan fingerprint density at radius 2 is 2.08 bits per heavy atom. The van der Waals surface area contributed by atoms with Crippen molar-refractivity contribution in [2.24, 2.45) is 0 Å². The maximum atomic E-state index is 12.7. The minimum absolute atomic E-state index is 0.0127. The fourth-order valence-electron chi connectivity index (χ4n) is 2.87. The Kier molecular flexibility index (Phi) is 6.18. The second kappa shape index (κ2) is 7.84. The van der Waals surface area contributed by atoms with Crippen molar-refractivity contribution in [3.63, 3.8) is 0 Å². The number of aryl methyl sites for hydroxylation is 1. The van der Waals surface area contributed by atoms with Gasteiger partial charge in [0.1, 0.15) is 5.75 Å². The summed E-state index contributed by atoms with van der Waals surface area (Å²) in [5.74, 6) is -0.0127. The van der Waals surface area contributed by atoms with Gasteiger partial charge in [-0.05, 0) is 31.0 Å². The lowest BCUT2D eigenvalue weighted by Gasteiger charge is -2.22. The summed E-state index contributed by atoms with van der Waals surface area (Å²) in [6.45, 7) is 4.34. The number of aromatic nitrogens is 1. The van der Waals surface area contributed by atoms with Crippen LogP contribution >= 0.6 is 7.82 Å². The zero-order chi connectivity index (χ0) is 19.5. The number of phosphoric acid groups is 1. The van der Waals surface area contributed by atoms with Gasteiger partial charge in [-0.2, -0.15) is 13.2 Å². The van der Waals surface area contributed by atoms with Crippen molar-refractivity contribution >= 4 is 18.7 Å². The molecular weight excluding hydrogens is 372 g/mol. The minimum atomic E-state index is -4.77. The number of alkyl halides is 3. The van der Waals surface area contributed by atoms with Crippen LogP contribution in [0.1, 0.15) is 11.3 Å². The van der Waals surface area contributed by atoms with Gasteiger partial charge in [-0.3, -0.25) is 14.7 Å². The molecule has 0 aliphatic rings. The Labute approximate surface area is 148 Å². The van der Waals surface area contributed by atoms with Gasteiger partial charge in [0, 0.05) is 29.7 Å². The van der Waals surface area contributed by atoms with Gasteiger partial charge in [0.05, 0.1) is 6.54 Å². The molecule has 0 unspecified atom stereocenters. The zero-order valence-electron chi connectivity index (χ0n) is 14.1. The number of rotatable bonds is 8. The van der Waals surface area contributed by atoms with E-state index in [2.05, 4.69) is 11.6 Å². The highest BCUT2D eigenvalue weighted by molar-refractivity contribution is 7.46. The van der Waals surface area contributed by atoms with Gasteiger partial charge in [-0.1, -0.05) is 12.1 Å². The molecule has 144 valence electrons. The summed E-state index contributed by atoms with van der Waals surface area (Å²) in [4.78, 5) is 22.4. The molecule has 6 nitrogen and oxygen atoms in total. The lowest BCUT2D eigenvalue weighted by atomic mass is 10.1. The fraction of sp³-hybridized carbons (Fsp3) is 0.375. The topological polar surface area (TPSA) is 85.8 Å². The second-order valence-corrected chi connectivity index (χ2v) is 7.04. The van der Waals surface area contributed by atoms with Gasteiger partial charge >= 0.3 is 14.0 Å². The van der Waals surface area contributed by atoms with Gasteiger partial charge in [-0.25, -0.2) is 4.57 Å². The van der Waals surface area contributed by atoms with Gasteiger partial charge in [0.2, 0.25) is 0 Å². The minimum Gasteiger partial charge on any atom is -0.404 e. The van der Waals surface area contributed by atoms with Gasteiger partial charge in [0.25, 0.3) is 0 Å². The molecule has 1 heterocycles. The first-order chi connectivity index (χ1) is 12.0. The largest absolute Gasteiger partial charge is 0.524 e. The smallest absolute Gasteiger partial charge is 0.404 e. The van der Waals surface area contributed by atoms with E-state index >= 15 is 0 Å². The van der Waals surface area contributed by atoms with Crippen LogP contribution in [-0.2, 0) is 11.0 Å². The van der Waals surface area contributed by atoms with Crippen LogP contribution in [0.5, 0.6) is 5.75 Å². The summed E-state index contributed by atoms with van der Waals surface area (Å²) in [7, 11) is -4.77. The maximum absolute atomic E-state index is 12.7. The van der Waals surface area contributed by atoms with Crippen molar-refractivity contribution in [1.82, 2.24) is 9.88 Å². The lowest BCUT2D eigenvalue weighted by molar-refractivity contribution is -0.144. The Hall–Kier alpha value is -1.80. The first kappa shape index (κ1) is 20.5. The predicted molar refractivity (Wildman–Crippen MR) is 92.1 cm³/mol. The average Bonchev–Trinajstić information content (AvgIpc) is 2.78. The number of hydrogen-bond acceptors (Lipinski definition) is 3. The van der Waals surface area contributed by atoms with Crippen LogP contribution in [0.3, 0.4) is 0 Å². The molecule has 0 radical (unpaired) electrons. The fourth-order valence-corrected chi connectivity index (χ4v) is 3.28. The number of benzene rings is 1. The normalized spacial score (nSPS) is 12.7. The van der Waals surface area contributed by atoms with Crippen LogP contribution in [0.15, 0.2) is 30.9 Å². The highest BCUT2D eigenvalue weighted by atomic mass is 31.2. The molecule has 0 fully saturated rings. The standard InChI is InChI=1S/C16H20F3N2O4P/c1-3-8-21(10-16(17,18)19)9-7-12-11(2)20-13-5-4-6-14(15(12)13)25-26(22,23)24/h3-6,20H,1,7-10H2,2H3,(H2,22,23,24). The van der Waals surface area contributed by atoms with E-state index in [1.54, 1.807) is 19.1 Å². The number of aromatic amines is 1. The van der Waals surface area contributed by atoms with Crippen molar-refractivity contribution in [2.45, 2.75) is 19.5 Å². The third-order valence-corrected chi connectivity index (χ3v) is 4.22. The molecule has 0 spiro atoms. The van der Waals surface area contributed by atoms with Crippen molar-refractivity contribution in [3.8, 4) is 5.75 Å². The van der Waals surface area contributed by atoms with E-state index in [1.165, 1.54) is 17.0 Å². The number of phosphoric ester groups is 1. The van der Waals surface area contributed by atoms with E-state index in [-0.39, 0.29) is 25.3 Å². The first-order valence-electron chi connectivity index (χ1n) is 7.75. The van der Waals surface area contributed by atoms with Crippen LogP contribution < -0.4 is 4.52 Å². The molecule has 3 N–H and O–H groups in total. The summed E-state index contributed by atoms with van der Waals surface area (Å²) in [5.41, 5.74) is 1.95. The van der Waals surface area contributed by atoms with E-state index in [9.17, 15) is 17.7 Å². The molecule has 0 saturated carbocycles. The van der Waals surface area contributed by atoms with E-state index in [4.69, 9.17) is 14.3 Å². The Bertz CT molecular complexity index is 829. The highest BCUT2D eigenvalue weighted by Crippen LogP contribution is 2.42. The molecule has 0 aliphatic carbocycles. The van der Waals surface area contributed by atoms with Crippen LogP contribution in [0.2, 0.25) is 0 Å². The Morgan fingerprint density at radius 1 is 1.38 bits per heavy atom. The zero-order valence-corrected chi connectivity index (χ0v) is 15.0. The van der Waals surface area contributed by atoms with E-state index in [0.29, 0.717) is 22.2 Å². The predicted octanol–water partition coefficient (Wildman–Crippen LogP) is 3.54. The van der Waals surface area contributed by atoms with Crippen LogP contribution in [0, 0.1) is 6.92 Å². The molecule has 0 amide bonds. The third-order valence-electron chi connectivity index (χ3n) is 3.79. The first-order valence-corrected chi connectivity index (χ1v) is 9.28. The molecule has 2 aromatic rings. The molecule has 0 bridgehead atoms. The molecule has 1 aromatic carbocycles. The van der Waals surface area contributed by atoms with E-state index in [0.717, 1.165) is 0 Å². The van der Waals surface area contributed by atoms with Crippen molar-refractivity contribution < 1.29 is 32.0 Å². The number of halogens is 3. The number of hydrogen-bond donors (Lipinski definition) is 3. The van der Waals surface area contributed by atoms with Crippen LogP contribution in [0.25, 0.3) is 10.9 Å². The molecular formula is C16H20F3N2O4P. The van der Waals surface area contributed by atoms with Crippen LogP contribution in [0.4, 0.5) is 13.2 Å². The molecule has 2 rings (SSSR count). The molecule has 0 aliphatic heterocycles. The summed E-state index contributed by atoms with van der Waals surface area (Å²) in [6, 6.07) is 4.69. The number of fused-ring (bicyclic) bond motifs is 1. The summed E-state index contributed by atoms with van der Waals surface area (Å²) < 4.78 is 54.0. The highest BCUT2D eigenvalue weighted by Gasteiger charge is 2.30. The van der Waals surface area contributed by atoms with E-state index in [1.807, 2.05) is 0 Å². The van der Waals surface area contributed by atoms with Gasteiger partial charge in [-0.15, -0.1) is 6.58 Å². The average molecular weight is 392 g/mol. The SMILES string of the molecule is C=CCN(CCc1c(C)[nH]c2cccc(OP(=O)(O)O)c12)CC(F)(F)F. The Morgan fingerprint density at radius 3 is 2.65 bits per heavy atom. The molecule has 0 atom stereocenters. The van der Waals surface area contributed by atoms with Gasteiger partial charge in [0.15, 0.2) is 0 Å². The third kappa shape index (κ3) is 5.60. The van der Waals surface area contributed by atoms with E-state index < -0.39 is 20.5 Å². The number of H-pyrrole nitrogens is 1. The summed E-state index contributed by atoms with van der Waals surface area (Å²) in [6.07, 6.45) is -2.68. The Balaban J connectivity index is 2.32. The number of nitrogens with zero attached hydrogens (tertiary/aromatic N) is 1. The molecule has 26 heavy (non-hydrogen) atoms. The van der Waals surface area contributed by atoms with Crippen LogP contribution in [-0.4, -0.2) is 45.5 Å². The molecule has 1 aromatic heterocycles. The van der Waals surface area contributed by atoms with Crippen molar-refractivity contribution in [3.05, 3.63) is 42.1 Å². The number of nitrogens with one attached hydrogen (secondary N) is 1. The van der Waals surface area contributed by atoms with Gasteiger partial charge < -0.3 is 9.51 Å². The lowest BCUT2D eigenvalue weighted by Crippen LogP contribution is -2.35. The molecule has 10 heteroatoms. The second-order valence-electron chi connectivity index (χ2n) is 5.88. The van der Waals surface area contributed by atoms with Crippen molar-refractivity contribution in [2.75, 3.05) is 19.6 Å². The summed E-state index contributed by atoms with van der Waals surface area (Å²) >= 11 is 0. The quantitative estimate of drug-likeness (QED) is 0.473.